The van der Waals surface area contributed by atoms with Crippen LogP contribution in [0.5, 0.6) is 0 Å². The van der Waals surface area contributed by atoms with Crippen molar-refractivity contribution in [1.82, 2.24) is 5.32 Å². The van der Waals surface area contributed by atoms with Crippen molar-refractivity contribution in [1.29, 1.82) is 0 Å². The maximum atomic E-state index is 12.2. The van der Waals surface area contributed by atoms with Crippen molar-refractivity contribution in [2.45, 2.75) is 70.9 Å². The Labute approximate surface area is 116 Å². The van der Waals surface area contributed by atoms with E-state index in [0.717, 1.165) is 18.3 Å². The molecule has 3 heteroatoms. The summed E-state index contributed by atoms with van der Waals surface area (Å²) >= 11 is 0. The molecule has 3 nitrogen and oxygen atoms in total. The Hall–Kier alpha value is -0.570. The lowest BCUT2D eigenvalue weighted by Gasteiger charge is -2.63. The topological polar surface area (TPSA) is 55.1 Å². The van der Waals surface area contributed by atoms with E-state index in [-0.39, 0.29) is 23.4 Å². The monoisotopic (exact) mass is 264 g/mol. The quantitative estimate of drug-likeness (QED) is 0.822. The minimum absolute atomic E-state index is 0.0685. The van der Waals surface area contributed by atoms with E-state index in [1.807, 2.05) is 13.8 Å². The molecule has 4 saturated carbocycles. The van der Waals surface area contributed by atoms with Gasteiger partial charge in [-0.15, -0.1) is 0 Å². The molecule has 0 radical (unpaired) electrons. The third kappa shape index (κ3) is 2.10. The maximum absolute atomic E-state index is 12.2. The van der Waals surface area contributed by atoms with Crippen LogP contribution in [0.2, 0.25) is 0 Å². The van der Waals surface area contributed by atoms with E-state index in [0.29, 0.717) is 5.41 Å². The number of hydrogen-bond donors (Lipinski definition) is 2. The molecule has 108 valence electrons. The van der Waals surface area contributed by atoms with Gasteiger partial charge in [-0.2, -0.15) is 0 Å². The van der Waals surface area contributed by atoms with Crippen LogP contribution in [0.4, 0.5) is 0 Å². The van der Waals surface area contributed by atoms with Crippen molar-refractivity contribution in [2.75, 3.05) is 0 Å². The van der Waals surface area contributed by atoms with E-state index in [1.54, 1.807) is 0 Å². The van der Waals surface area contributed by atoms with Gasteiger partial charge in [-0.25, -0.2) is 0 Å². The Morgan fingerprint density at radius 2 is 1.74 bits per heavy atom. The average molecular weight is 264 g/mol. The highest BCUT2D eigenvalue weighted by Crippen LogP contribution is 2.62. The van der Waals surface area contributed by atoms with Crippen LogP contribution in [0.1, 0.15) is 59.3 Å². The number of carbonyl (C=O) groups excluding carboxylic acids is 1. The van der Waals surface area contributed by atoms with Gasteiger partial charge in [-0.3, -0.25) is 4.79 Å². The second-order valence-electron chi connectivity index (χ2n) is 8.04. The van der Waals surface area contributed by atoms with Gasteiger partial charge < -0.3 is 11.1 Å². The summed E-state index contributed by atoms with van der Waals surface area (Å²) in [6.07, 6.45) is 7.45. The van der Waals surface area contributed by atoms with Gasteiger partial charge in [-0.05, 0) is 62.7 Å². The largest absolute Gasteiger partial charge is 0.350 e. The van der Waals surface area contributed by atoms with Crippen LogP contribution in [0.3, 0.4) is 0 Å². The van der Waals surface area contributed by atoms with Crippen molar-refractivity contribution in [3.8, 4) is 0 Å². The molecule has 3 N–H and O–H groups in total. The number of nitrogens with one attached hydrogen (secondary N) is 1. The van der Waals surface area contributed by atoms with E-state index in [9.17, 15) is 4.79 Å². The molecule has 4 fully saturated rings. The summed E-state index contributed by atoms with van der Waals surface area (Å²) in [6, 6.07) is 0.258. The summed E-state index contributed by atoms with van der Waals surface area (Å²) in [7, 11) is 0. The molecule has 0 saturated heterocycles. The SMILES string of the molecule is CC(C)C(=O)NC12CC3CC(C1)CC(C(C)N)(C3)C2. The predicted molar refractivity (Wildman–Crippen MR) is 76.5 cm³/mol. The molecule has 0 aromatic carbocycles. The van der Waals surface area contributed by atoms with Crippen molar-refractivity contribution in [2.24, 2.45) is 28.9 Å². The molecule has 0 aromatic heterocycles. The van der Waals surface area contributed by atoms with E-state index in [1.165, 1.54) is 32.1 Å². The highest BCUT2D eigenvalue weighted by molar-refractivity contribution is 5.78. The Morgan fingerprint density at radius 3 is 2.21 bits per heavy atom. The molecule has 0 aromatic rings. The van der Waals surface area contributed by atoms with Crippen molar-refractivity contribution in [3.63, 3.8) is 0 Å². The molecule has 19 heavy (non-hydrogen) atoms. The summed E-state index contributed by atoms with van der Waals surface area (Å²) in [5.74, 6) is 1.89. The average Bonchev–Trinajstić information content (AvgIpc) is 2.25. The van der Waals surface area contributed by atoms with Gasteiger partial charge in [0.2, 0.25) is 5.91 Å². The van der Waals surface area contributed by atoms with Gasteiger partial charge in [0.05, 0.1) is 0 Å². The van der Waals surface area contributed by atoms with E-state index >= 15 is 0 Å². The normalized spacial score (nSPS) is 45.5. The lowest BCUT2D eigenvalue weighted by Crippen LogP contribution is -2.66. The highest BCUT2D eigenvalue weighted by Gasteiger charge is 2.59. The molecule has 3 atom stereocenters. The molecule has 0 aliphatic heterocycles. The Kier molecular flexibility index (Phi) is 2.97. The fourth-order valence-electron chi connectivity index (χ4n) is 5.42. The zero-order valence-corrected chi connectivity index (χ0v) is 12.5. The van der Waals surface area contributed by atoms with Gasteiger partial charge in [-0.1, -0.05) is 13.8 Å². The van der Waals surface area contributed by atoms with Crippen LogP contribution >= 0.6 is 0 Å². The number of hydrogen-bond acceptors (Lipinski definition) is 2. The lowest BCUT2D eigenvalue weighted by molar-refractivity contribution is -0.135. The summed E-state index contributed by atoms with van der Waals surface area (Å²) in [6.45, 7) is 6.14. The standard InChI is InChI=1S/C16H28N2O/c1-10(2)14(19)18-16-7-12-4-13(8-16)6-15(5-12,9-16)11(3)17/h10-13H,4-9,17H2,1-3H3,(H,18,19). The van der Waals surface area contributed by atoms with Crippen LogP contribution in [0.15, 0.2) is 0 Å². The molecule has 1 amide bonds. The Morgan fingerprint density at radius 1 is 1.16 bits per heavy atom. The van der Waals surface area contributed by atoms with E-state index in [2.05, 4.69) is 12.2 Å². The zero-order valence-electron chi connectivity index (χ0n) is 12.5. The number of rotatable bonds is 3. The minimum atomic E-state index is 0.0685. The molecular weight excluding hydrogens is 236 g/mol. The summed E-state index contributed by atoms with van der Waals surface area (Å²) in [4.78, 5) is 12.2. The first-order valence-corrected chi connectivity index (χ1v) is 7.92. The summed E-state index contributed by atoms with van der Waals surface area (Å²) in [5, 5.41) is 3.41. The lowest BCUT2D eigenvalue weighted by atomic mass is 9.45. The second kappa shape index (κ2) is 4.21. The number of amides is 1. The van der Waals surface area contributed by atoms with Crippen LogP contribution < -0.4 is 11.1 Å². The van der Waals surface area contributed by atoms with E-state index in [4.69, 9.17) is 5.73 Å². The Bertz CT molecular complexity index is 374. The zero-order chi connectivity index (χ0) is 13.8. The molecule has 3 unspecified atom stereocenters. The van der Waals surface area contributed by atoms with Crippen molar-refractivity contribution in [3.05, 3.63) is 0 Å². The molecule has 4 rings (SSSR count). The fraction of sp³-hybridized carbons (Fsp3) is 0.938. The summed E-state index contributed by atoms with van der Waals surface area (Å²) < 4.78 is 0. The highest BCUT2D eigenvalue weighted by atomic mass is 16.2. The first-order chi connectivity index (χ1) is 8.84. The van der Waals surface area contributed by atoms with Gasteiger partial charge in [0, 0.05) is 17.5 Å². The van der Waals surface area contributed by atoms with Gasteiger partial charge in [0.15, 0.2) is 0 Å². The molecule has 0 heterocycles. The molecule has 4 aliphatic carbocycles. The van der Waals surface area contributed by atoms with E-state index < -0.39 is 0 Å². The van der Waals surface area contributed by atoms with Crippen LogP contribution in [-0.4, -0.2) is 17.5 Å². The number of carbonyl (C=O) groups is 1. The number of nitrogens with two attached hydrogens (primary N) is 1. The Balaban J connectivity index is 1.85. The molecular formula is C16H28N2O. The predicted octanol–water partition coefficient (Wildman–Crippen LogP) is 2.44. The smallest absolute Gasteiger partial charge is 0.222 e. The summed E-state index contributed by atoms with van der Waals surface area (Å²) in [5.41, 5.74) is 6.70. The van der Waals surface area contributed by atoms with Crippen LogP contribution in [-0.2, 0) is 4.79 Å². The fourth-order valence-corrected chi connectivity index (χ4v) is 5.42. The molecule has 4 aliphatic rings. The van der Waals surface area contributed by atoms with Crippen LogP contribution in [0.25, 0.3) is 0 Å². The third-order valence-corrected chi connectivity index (χ3v) is 5.99. The molecule has 4 bridgehead atoms. The maximum Gasteiger partial charge on any atom is 0.222 e. The van der Waals surface area contributed by atoms with Crippen LogP contribution in [0, 0.1) is 23.2 Å². The van der Waals surface area contributed by atoms with Gasteiger partial charge in [0.25, 0.3) is 0 Å². The third-order valence-electron chi connectivity index (χ3n) is 5.99. The van der Waals surface area contributed by atoms with Crippen molar-refractivity contribution < 1.29 is 4.79 Å². The minimum Gasteiger partial charge on any atom is -0.350 e. The first kappa shape index (κ1) is 13.4. The van der Waals surface area contributed by atoms with Crippen molar-refractivity contribution >= 4 is 5.91 Å². The van der Waals surface area contributed by atoms with Gasteiger partial charge >= 0.3 is 0 Å². The van der Waals surface area contributed by atoms with Gasteiger partial charge in [0.1, 0.15) is 0 Å². The second-order valence-corrected chi connectivity index (χ2v) is 8.04. The molecule has 0 spiro atoms. The first-order valence-electron chi connectivity index (χ1n) is 7.92.